The van der Waals surface area contributed by atoms with Crippen molar-refractivity contribution in [1.29, 1.82) is 0 Å². The van der Waals surface area contributed by atoms with E-state index in [1.54, 1.807) is 18.2 Å². The number of hydrogen-bond acceptors (Lipinski definition) is 5. The van der Waals surface area contributed by atoms with Crippen LogP contribution in [-0.4, -0.2) is 24.2 Å². The topological polar surface area (TPSA) is 93.8 Å². The second kappa shape index (κ2) is 6.19. The monoisotopic (exact) mass is 380 g/mol. The van der Waals surface area contributed by atoms with Crippen LogP contribution in [0.2, 0.25) is 0 Å². The van der Waals surface area contributed by atoms with E-state index in [1.165, 1.54) is 0 Å². The van der Waals surface area contributed by atoms with E-state index in [0.29, 0.717) is 30.5 Å². The fourth-order valence-electron chi connectivity index (χ4n) is 3.66. The van der Waals surface area contributed by atoms with E-state index in [1.807, 2.05) is 24.3 Å². The van der Waals surface area contributed by atoms with Crippen LogP contribution in [0, 0.1) is 5.41 Å². The third kappa shape index (κ3) is 3.05. The first kappa shape index (κ1) is 18.2. The second-order valence-corrected chi connectivity index (χ2v) is 8.55. The molecule has 2 aliphatic rings. The highest BCUT2D eigenvalue weighted by Gasteiger charge is 2.44. The Labute approximate surface area is 164 Å². The molecule has 0 saturated carbocycles. The van der Waals surface area contributed by atoms with E-state index in [2.05, 4.69) is 26.1 Å². The molecule has 0 aromatic heterocycles. The molecule has 2 aromatic carbocycles. The lowest BCUT2D eigenvalue weighted by Gasteiger charge is -2.36. The molecular weight excluding hydrogens is 356 g/mol. The lowest BCUT2D eigenvalue weighted by Crippen LogP contribution is -2.34. The molecule has 1 atom stereocenters. The standard InChI is InChI=1S/C22H24N2O4/c1-21(2,3)12-27-14-5-7-18-16(9-14)22(10-19(23)24-11-22)15-8-13(20(25)26)4-6-17(15)28-18/h4-10,24H,11-12,23H2,1-3H3,(H,25,26). The Morgan fingerprint density at radius 2 is 1.89 bits per heavy atom. The third-order valence-corrected chi connectivity index (χ3v) is 5.00. The minimum atomic E-state index is -0.978. The molecule has 2 heterocycles. The van der Waals surface area contributed by atoms with Crippen molar-refractivity contribution in [3.8, 4) is 17.2 Å². The summed E-state index contributed by atoms with van der Waals surface area (Å²) in [7, 11) is 0. The first-order valence-corrected chi connectivity index (χ1v) is 9.23. The fourth-order valence-corrected chi connectivity index (χ4v) is 3.66. The molecule has 0 fully saturated rings. The van der Waals surface area contributed by atoms with Gasteiger partial charge in [0.15, 0.2) is 0 Å². The van der Waals surface area contributed by atoms with E-state index in [9.17, 15) is 9.90 Å². The lowest BCUT2D eigenvalue weighted by atomic mass is 9.73. The van der Waals surface area contributed by atoms with Crippen molar-refractivity contribution in [3.63, 3.8) is 0 Å². The lowest BCUT2D eigenvalue weighted by molar-refractivity contribution is 0.0696. The van der Waals surface area contributed by atoms with Gasteiger partial charge in [-0.2, -0.15) is 0 Å². The normalized spacial score (nSPS) is 19.9. The number of hydrogen-bond donors (Lipinski definition) is 3. The zero-order chi connectivity index (χ0) is 20.1. The number of fused-ring (bicyclic) bond motifs is 4. The minimum Gasteiger partial charge on any atom is -0.493 e. The molecule has 6 heteroatoms. The largest absolute Gasteiger partial charge is 0.493 e. The van der Waals surface area contributed by atoms with E-state index in [4.69, 9.17) is 15.2 Å². The fraction of sp³-hybridized carbons (Fsp3) is 0.318. The molecule has 0 bridgehead atoms. The van der Waals surface area contributed by atoms with Gasteiger partial charge >= 0.3 is 5.97 Å². The van der Waals surface area contributed by atoms with Gasteiger partial charge in [0.05, 0.1) is 23.4 Å². The number of nitrogens with one attached hydrogen (secondary N) is 1. The summed E-state index contributed by atoms with van der Waals surface area (Å²) in [6, 6.07) is 10.7. The highest BCUT2D eigenvalue weighted by Crippen LogP contribution is 2.51. The van der Waals surface area contributed by atoms with Gasteiger partial charge < -0.3 is 25.6 Å². The van der Waals surface area contributed by atoms with Crippen LogP contribution in [0.4, 0.5) is 0 Å². The molecule has 0 radical (unpaired) electrons. The highest BCUT2D eigenvalue weighted by atomic mass is 16.5. The molecule has 0 saturated heterocycles. The average Bonchev–Trinajstić information content (AvgIpc) is 3.02. The summed E-state index contributed by atoms with van der Waals surface area (Å²) < 4.78 is 12.1. The van der Waals surface area contributed by atoms with E-state index < -0.39 is 11.4 Å². The van der Waals surface area contributed by atoms with Gasteiger partial charge in [0.25, 0.3) is 0 Å². The molecular formula is C22H24N2O4. The Morgan fingerprint density at radius 1 is 1.21 bits per heavy atom. The number of ether oxygens (including phenoxy) is 2. The van der Waals surface area contributed by atoms with E-state index in [-0.39, 0.29) is 11.0 Å². The van der Waals surface area contributed by atoms with Crippen molar-refractivity contribution < 1.29 is 19.4 Å². The van der Waals surface area contributed by atoms with Crippen LogP contribution in [0.5, 0.6) is 17.2 Å². The van der Waals surface area contributed by atoms with Crippen molar-refractivity contribution in [2.75, 3.05) is 13.2 Å². The average molecular weight is 380 g/mol. The van der Waals surface area contributed by atoms with Gasteiger partial charge in [-0.1, -0.05) is 20.8 Å². The van der Waals surface area contributed by atoms with Crippen LogP contribution in [0.25, 0.3) is 0 Å². The van der Waals surface area contributed by atoms with Gasteiger partial charge in [0.2, 0.25) is 0 Å². The summed E-state index contributed by atoms with van der Waals surface area (Å²) in [6.07, 6.45) is 1.94. The molecule has 4 N–H and O–H groups in total. The zero-order valence-corrected chi connectivity index (χ0v) is 16.2. The minimum absolute atomic E-state index is 0.0341. The Hall–Kier alpha value is -3.15. The van der Waals surface area contributed by atoms with Crippen LogP contribution >= 0.6 is 0 Å². The molecule has 146 valence electrons. The van der Waals surface area contributed by atoms with Gasteiger partial charge in [-0.05, 0) is 47.9 Å². The zero-order valence-electron chi connectivity index (χ0n) is 16.2. The van der Waals surface area contributed by atoms with Gasteiger partial charge in [0, 0.05) is 17.7 Å². The van der Waals surface area contributed by atoms with Crippen LogP contribution in [-0.2, 0) is 5.41 Å². The number of benzene rings is 2. The SMILES string of the molecule is CC(C)(C)COc1ccc2c(c1)C1(C=C(N)NC1)c1cc(C(=O)O)ccc1O2. The molecule has 6 nitrogen and oxygen atoms in total. The summed E-state index contributed by atoms with van der Waals surface area (Å²) >= 11 is 0. The maximum atomic E-state index is 11.5. The molecule has 0 aliphatic carbocycles. The second-order valence-electron chi connectivity index (χ2n) is 8.55. The molecule has 0 amide bonds. The first-order chi connectivity index (χ1) is 13.2. The molecule has 1 unspecified atom stereocenters. The Balaban J connectivity index is 1.84. The van der Waals surface area contributed by atoms with Crippen molar-refractivity contribution in [2.45, 2.75) is 26.2 Å². The summed E-state index contributed by atoms with van der Waals surface area (Å²) in [6.45, 7) is 7.45. The summed E-state index contributed by atoms with van der Waals surface area (Å²) in [5.41, 5.74) is 7.39. The summed E-state index contributed by atoms with van der Waals surface area (Å²) in [5, 5.41) is 12.6. The van der Waals surface area contributed by atoms with Gasteiger partial charge in [-0.15, -0.1) is 0 Å². The van der Waals surface area contributed by atoms with E-state index >= 15 is 0 Å². The Kier molecular flexibility index (Phi) is 4.03. The number of nitrogens with two attached hydrogens (primary N) is 1. The third-order valence-electron chi connectivity index (χ3n) is 5.00. The predicted octanol–water partition coefficient (Wildman–Crippen LogP) is 3.60. The van der Waals surface area contributed by atoms with Crippen LogP contribution in [0.15, 0.2) is 48.3 Å². The predicted molar refractivity (Wildman–Crippen MR) is 106 cm³/mol. The van der Waals surface area contributed by atoms with Crippen molar-refractivity contribution in [2.24, 2.45) is 11.1 Å². The van der Waals surface area contributed by atoms with Crippen LogP contribution in [0.3, 0.4) is 0 Å². The highest BCUT2D eigenvalue weighted by molar-refractivity contribution is 5.88. The van der Waals surface area contributed by atoms with Gasteiger partial charge in [0.1, 0.15) is 17.2 Å². The summed E-state index contributed by atoms with van der Waals surface area (Å²) in [5.74, 6) is 1.67. The van der Waals surface area contributed by atoms with Crippen molar-refractivity contribution in [3.05, 3.63) is 65.0 Å². The number of carbonyl (C=O) groups is 1. The number of carboxylic acids is 1. The van der Waals surface area contributed by atoms with Crippen molar-refractivity contribution in [1.82, 2.24) is 5.32 Å². The van der Waals surface area contributed by atoms with Gasteiger partial charge in [-0.3, -0.25) is 0 Å². The summed E-state index contributed by atoms with van der Waals surface area (Å²) in [4.78, 5) is 11.5. The number of aromatic carboxylic acids is 1. The molecule has 2 aromatic rings. The van der Waals surface area contributed by atoms with Gasteiger partial charge in [-0.25, -0.2) is 4.79 Å². The number of carboxylic acid groups (broad SMARTS) is 1. The quantitative estimate of drug-likeness (QED) is 0.753. The Bertz CT molecular complexity index is 991. The van der Waals surface area contributed by atoms with E-state index in [0.717, 1.165) is 16.9 Å². The van der Waals surface area contributed by atoms with Crippen molar-refractivity contribution >= 4 is 5.97 Å². The molecule has 28 heavy (non-hydrogen) atoms. The van der Waals surface area contributed by atoms with Crippen LogP contribution < -0.4 is 20.5 Å². The van der Waals surface area contributed by atoms with Crippen LogP contribution in [0.1, 0.15) is 42.3 Å². The first-order valence-electron chi connectivity index (χ1n) is 9.23. The smallest absolute Gasteiger partial charge is 0.335 e. The molecule has 1 spiro atoms. The number of rotatable bonds is 3. The maximum Gasteiger partial charge on any atom is 0.335 e. The molecule has 2 aliphatic heterocycles. The molecule has 4 rings (SSSR count). The maximum absolute atomic E-state index is 11.5. The Morgan fingerprint density at radius 3 is 2.50 bits per heavy atom.